The van der Waals surface area contributed by atoms with Crippen LogP contribution in [0.1, 0.15) is 46.5 Å². The number of nitrogens with two attached hydrogens (primary N) is 1. The van der Waals surface area contributed by atoms with Crippen LogP contribution >= 0.6 is 0 Å². The van der Waals surface area contributed by atoms with Crippen LogP contribution in [0.15, 0.2) is 0 Å². The van der Waals surface area contributed by atoms with E-state index in [1.807, 2.05) is 6.92 Å². The minimum atomic E-state index is -0.550. The molecule has 17 heavy (non-hydrogen) atoms. The number of hydrogen-bond acceptors (Lipinski definition) is 4. The van der Waals surface area contributed by atoms with Crippen molar-refractivity contribution in [3.63, 3.8) is 0 Å². The van der Waals surface area contributed by atoms with E-state index in [1.54, 1.807) is 0 Å². The van der Waals surface area contributed by atoms with Gasteiger partial charge in [0.25, 0.3) is 0 Å². The Kier molecular flexibility index (Phi) is 5.40. The highest BCUT2D eigenvalue weighted by atomic mass is 16.5. The van der Waals surface area contributed by atoms with Crippen LogP contribution in [0.25, 0.3) is 0 Å². The summed E-state index contributed by atoms with van der Waals surface area (Å²) in [6.45, 7) is 8.46. The largest absolute Gasteiger partial charge is 0.465 e. The number of likely N-dealkylation sites (tertiary alicyclic amines) is 1. The van der Waals surface area contributed by atoms with E-state index in [1.165, 1.54) is 19.3 Å². The van der Waals surface area contributed by atoms with Gasteiger partial charge in [0, 0.05) is 5.54 Å². The number of piperidine rings is 1. The average molecular weight is 242 g/mol. The van der Waals surface area contributed by atoms with E-state index in [4.69, 9.17) is 10.5 Å². The van der Waals surface area contributed by atoms with Gasteiger partial charge in [-0.2, -0.15) is 0 Å². The number of nitrogens with zero attached hydrogens (tertiary/aromatic N) is 1. The number of ether oxygens (including phenoxy) is 1. The van der Waals surface area contributed by atoms with Crippen LogP contribution < -0.4 is 5.73 Å². The average Bonchev–Trinajstić information content (AvgIpc) is 2.38. The molecule has 0 aromatic heterocycles. The Morgan fingerprint density at radius 2 is 1.94 bits per heavy atom. The molecular formula is C13H26N2O2. The molecule has 1 aliphatic rings. The fourth-order valence-electron chi connectivity index (χ4n) is 2.53. The van der Waals surface area contributed by atoms with Crippen molar-refractivity contribution in [2.75, 3.05) is 19.7 Å². The standard InChI is InChI=1S/C13H26N2O2/c1-4-13(3,11(14)12(16)17-5-2)15-9-7-6-8-10-15/h11H,4-10,14H2,1-3H3/t11-,13-/m1/s1. The van der Waals surface area contributed by atoms with E-state index in [2.05, 4.69) is 18.7 Å². The molecule has 0 aliphatic carbocycles. The van der Waals surface area contributed by atoms with Crippen molar-refractivity contribution < 1.29 is 9.53 Å². The van der Waals surface area contributed by atoms with Gasteiger partial charge in [0.1, 0.15) is 6.04 Å². The Bertz CT molecular complexity index is 252. The lowest BCUT2D eigenvalue weighted by molar-refractivity contribution is -0.149. The number of esters is 1. The lowest BCUT2D eigenvalue weighted by Gasteiger charge is -2.45. The Morgan fingerprint density at radius 3 is 2.41 bits per heavy atom. The minimum absolute atomic E-state index is 0.271. The van der Waals surface area contributed by atoms with Crippen LogP contribution in [0.3, 0.4) is 0 Å². The maximum Gasteiger partial charge on any atom is 0.324 e. The summed E-state index contributed by atoms with van der Waals surface area (Å²) >= 11 is 0. The smallest absolute Gasteiger partial charge is 0.324 e. The molecule has 0 saturated carbocycles. The number of carbonyl (C=O) groups is 1. The number of rotatable bonds is 5. The molecule has 1 saturated heterocycles. The van der Waals surface area contributed by atoms with E-state index >= 15 is 0 Å². The SMILES string of the molecule is CCOC(=O)[C@@H](N)[C@@](C)(CC)N1CCCCC1. The Balaban J connectivity index is 2.74. The van der Waals surface area contributed by atoms with Crippen molar-refractivity contribution in [3.8, 4) is 0 Å². The number of hydrogen-bond donors (Lipinski definition) is 1. The highest BCUT2D eigenvalue weighted by molar-refractivity contribution is 5.77. The van der Waals surface area contributed by atoms with Crippen molar-refractivity contribution in [2.24, 2.45) is 5.73 Å². The molecule has 0 amide bonds. The quantitative estimate of drug-likeness (QED) is 0.743. The molecule has 1 heterocycles. The Labute approximate surface area is 104 Å². The molecule has 4 heteroatoms. The predicted molar refractivity (Wildman–Crippen MR) is 68.7 cm³/mol. The van der Waals surface area contributed by atoms with Gasteiger partial charge < -0.3 is 10.5 Å². The first-order valence-corrected chi connectivity index (χ1v) is 6.73. The van der Waals surface area contributed by atoms with Crippen LogP contribution in [0.4, 0.5) is 0 Å². The predicted octanol–water partition coefficient (Wildman–Crippen LogP) is 1.53. The van der Waals surface area contributed by atoms with Crippen molar-refractivity contribution in [2.45, 2.75) is 58.0 Å². The second-order valence-electron chi connectivity index (χ2n) is 4.99. The summed E-state index contributed by atoms with van der Waals surface area (Å²) in [4.78, 5) is 14.2. The molecule has 2 atom stereocenters. The van der Waals surface area contributed by atoms with Gasteiger partial charge in [0.2, 0.25) is 0 Å². The Morgan fingerprint density at radius 1 is 1.35 bits per heavy atom. The zero-order valence-corrected chi connectivity index (χ0v) is 11.4. The monoisotopic (exact) mass is 242 g/mol. The topological polar surface area (TPSA) is 55.6 Å². The summed E-state index contributed by atoms with van der Waals surface area (Å²) in [6, 6.07) is -0.550. The molecule has 4 nitrogen and oxygen atoms in total. The highest BCUT2D eigenvalue weighted by Gasteiger charge is 2.41. The molecule has 0 unspecified atom stereocenters. The van der Waals surface area contributed by atoms with Gasteiger partial charge in [0.05, 0.1) is 6.61 Å². The van der Waals surface area contributed by atoms with Crippen molar-refractivity contribution in [1.29, 1.82) is 0 Å². The third-order valence-corrected chi connectivity index (χ3v) is 4.00. The van der Waals surface area contributed by atoms with Gasteiger partial charge in [-0.05, 0) is 46.2 Å². The molecule has 0 radical (unpaired) electrons. The summed E-state index contributed by atoms with van der Waals surface area (Å²) in [5, 5.41) is 0. The maximum absolute atomic E-state index is 11.8. The van der Waals surface area contributed by atoms with Gasteiger partial charge >= 0.3 is 5.97 Å². The van der Waals surface area contributed by atoms with Crippen molar-refractivity contribution in [1.82, 2.24) is 4.90 Å². The summed E-state index contributed by atoms with van der Waals surface area (Å²) in [5.74, 6) is -0.276. The molecule has 0 spiro atoms. The molecule has 1 rings (SSSR count). The summed E-state index contributed by atoms with van der Waals surface area (Å²) in [5.41, 5.74) is 5.84. The van der Waals surface area contributed by atoms with E-state index in [0.717, 1.165) is 19.5 Å². The first kappa shape index (κ1) is 14.5. The third kappa shape index (κ3) is 3.19. The lowest BCUT2D eigenvalue weighted by Crippen LogP contribution is -2.62. The normalized spacial score (nSPS) is 22.8. The summed E-state index contributed by atoms with van der Waals surface area (Å²) in [6.07, 6.45) is 4.55. The molecule has 0 aromatic rings. The molecule has 0 bridgehead atoms. The molecule has 1 aliphatic heterocycles. The third-order valence-electron chi connectivity index (χ3n) is 4.00. The minimum Gasteiger partial charge on any atom is -0.465 e. The first-order valence-electron chi connectivity index (χ1n) is 6.73. The van der Waals surface area contributed by atoms with Crippen LogP contribution in [0.2, 0.25) is 0 Å². The van der Waals surface area contributed by atoms with Crippen LogP contribution in [0.5, 0.6) is 0 Å². The molecule has 100 valence electrons. The van der Waals surface area contributed by atoms with E-state index < -0.39 is 6.04 Å². The van der Waals surface area contributed by atoms with E-state index in [9.17, 15) is 4.79 Å². The summed E-state index contributed by atoms with van der Waals surface area (Å²) in [7, 11) is 0. The van der Waals surface area contributed by atoms with Gasteiger partial charge in [-0.1, -0.05) is 13.3 Å². The van der Waals surface area contributed by atoms with Gasteiger partial charge in [-0.15, -0.1) is 0 Å². The zero-order valence-electron chi connectivity index (χ0n) is 11.4. The lowest BCUT2D eigenvalue weighted by atomic mass is 9.86. The van der Waals surface area contributed by atoms with E-state index in [0.29, 0.717) is 6.61 Å². The summed E-state index contributed by atoms with van der Waals surface area (Å²) < 4.78 is 5.05. The van der Waals surface area contributed by atoms with Gasteiger partial charge in [-0.25, -0.2) is 0 Å². The van der Waals surface area contributed by atoms with Gasteiger partial charge in [0.15, 0.2) is 0 Å². The van der Waals surface area contributed by atoms with Crippen molar-refractivity contribution in [3.05, 3.63) is 0 Å². The number of carbonyl (C=O) groups excluding carboxylic acids is 1. The van der Waals surface area contributed by atoms with Crippen molar-refractivity contribution >= 4 is 5.97 Å². The Hall–Kier alpha value is -0.610. The van der Waals surface area contributed by atoms with Crippen LogP contribution in [0, 0.1) is 0 Å². The highest BCUT2D eigenvalue weighted by Crippen LogP contribution is 2.27. The molecule has 2 N–H and O–H groups in total. The second kappa shape index (κ2) is 6.36. The fourth-order valence-corrected chi connectivity index (χ4v) is 2.53. The second-order valence-corrected chi connectivity index (χ2v) is 4.99. The maximum atomic E-state index is 11.8. The first-order chi connectivity index (χ1) is 8.06. The fraction of sp³-hybridized carbons (Fsp3) is 0.923. The molecular weight excluding hydrogens is 216 g/mol. The molecule has 0 aromatic carbocycles. The van der Waals surface area contributed by atoms with Crippen LogP contribution in [-0.2, 0) is 9.53 Å². The zero-order chi connectivity index (χ0) is 12.9. The van der Waals surface area contributed by atoms with E-state index in [-0.39, 0.29) is 11.5 Å². The molecule has 1 fully saturated rings. The van der Waals surface area contributed by atoms with Crippen LogP contribution in [-0.4, -0.2) is 42.1 Å². The van der Waals surface area contributed by atoms with Gasteiger partial charge in [-0.3, -0.25) is 9.69 Å².